The molecule has 4 nitrogen and oxygen atoms in total. The molecule has 0 aliphatic heterocycles. The fraction of sp³-hybridized carbons (Fsp3) is 0.833. The molecule has 2 rings (SSSR count). The molecule has 90 valence electrons. The van der Waals surface area contributed by atoms with Gasteiger partial charge in [-0.2, -0.15) is 0 Å². The number of aromatic nitrogens is 3. The molecule has 1 aliphatic carbocycles. The van der Waals surface area contributed by atoms with Gasteiger partial charge in [0, 0.05) is 18.8 Å². The van der Waals surface area contributed by atoms with Crippen LogP contribution in [0, 0.1) is 11.8 Å². The van der Waals surface area contributed by atoms with Crippen LogP contribution in [0.5, 0.6) is 0 Å². The standard InChI is InChI=1S/C12H22N4/c1-10-3-4-12(9-11(10)2)13-5-7-16-8-6-14-15-16/h6,8,10-13H,3-5,7,9H2,1-2H3. The Bertz CT molecular complexity index is 296. The van der Waals surface area contributed by atoms with E-state index in [0.29, 0.717) is 6.04 Å². The summed E-state index contributed by atoms with van der Waals surface area (Å²) in [6.07, 6.45) is 7.64. The molecular formula is C12H22N4. The smallest absolute Gasteiger partial charge is 0.0692 e. The van der Waals surface area contributed by atoms with Crippen LogP contribution in [0.4, 0.5) is 0 Å². The van der Waals surface area contributed by atoms with Crippen molar-refractivity contribution in [2.45, 2.75) is 45.7 Å². The SMILES string of the molecule is CC1CCC(NCCn2ccnn2)CC1C. The van der Waals surface area contributed by atoms with Crippen LogP contribution in [0.2, 0.25) is 0 Å². The van der Waals surface area contributed by atoms with Crippen LogP contribution in [0.15, 0.2) is 12.4 Å². The summed E-state index contributed by atoms with van der Waals surface area (Å²) >= 11 is 0. The van der Waals surface area contributed by atoms with E-state index in [4.69, 9.17) is 0 Å². The quantitative estimate of drug-likeness (QED) is 0.843. The Hall–Kier alpha value is -0.900. The second kappa shape index (κ2) is 5.43. The minimum Gasteiger partial charge on any atom is -0.312 e. The van der Waals surface area contributed by atoms with Gasteiger partial charge in [-0.1, -0.05) is 19.1 Å². The second-order valence-electron chi connectivity index (χ2n) is 5.08. The van der Waals surface area contributed by atoms with E-state index in [1.807, 2.05) is 10.9 Å². The van der Waals surface area contributed by atoms with Gasteiger partial charge in [-0.25, -0.2) is 0 Å². The Balaban J connectivity index is 1.67. The summed E-state index contributed by atoms with van der Waals surface area (Å²) in [6.45, 7) is 6.65. The lowest BCUT2D eigenvalue weighted by Gasteiger charge is -2.32. The fourth-order valence-corrected chi connectivity index (χ4v) is 2.47. The zero-order valence-corrected chi connectivity index (χ0v) is 10.3. The highest BCUT2D eigenvalue weighted by molar-refractivity contribution is 4.79. The van der Waals surface area contributed by atoms with E-state index in [1.54, 1.807) is 6.20 Å². The Morgan fingerprint density at radius 2 is 2.19 bits per heavy atom. The Morgan fingerprint density at radius 1 is 1.31 bits per heavy atom. The average Bonchev–Trinajstić information content (AvgIpc) is 2.76. The molecule has 1 N–H and O–H groups in total. The molecule has 1 aromatic rings. The van der Waals surface area contributed by atoms with Crippen molar-refractivity contribution < 1.29 is 0 Å². The van der Waals surface area contributed by atoms with Crippen molar-refractivity contribution in [1.82, 2.24) is 20.3 Å². The zero-order chi connectivity index (χ0) is 11.4. The highest BCUT2D eigenvalue weighted by atomic mass is 15.4. The maximum atomic E-state index is 3.95. The number of nitrogens with one attached hydrogen (secondary N) is 1. The number of hydrogen-bond acceptors (Lipinski definition) is 3. The van der Waals surface area contributed by atoms with Gasteiger partial charge in [-0.3, -0.25) is 4.68 Å². The molecule has 0 bridgehead atoms. The van der Waals surface area contributed by atoms with Crippen molar-refractivity contribution in [2.24, 2.45) is 11.8 Å². The first-order chi connectivity index (χ1) is 7.75. The van der Waals surface area contributed by atoms with Crippen LogP contribution in [0.3, 0.4) is 0 Å². The predicted molar refractivity (Wildman–Crippen MR) is 64.0 cm³/mol. The lowest BCUT2D eigenvalue weighted by atomic mass is 9.79. The molecule has 1 fully saturated rings. The molecule has 16 heavy (non-hydrogen) atoms. The molecule has 0 aromatic carbocycles. The molecule has 0 radical (unpaired) electrons. The Kier molecular flexibility index (Phi) is 3.93. The normalized spacial score (nSPS) is 30.5. The monoisotopic (exact) mass is 222 g/mol. The van der Waals surface area contributed by atoms with Crippen LogP contribution in [-0.4, -0.2) is 27.6 Å². The van der Waals surface area contributed by atoms with Crippen molar-refractivity contribution in [2.75, 3.05) is 6.54 Å². The van der Waals surface area contributed by atoms with E-state index in [0.717, 1.165) is 24.9 Å². The van der Waals surface area contributed by atoms with Gasteiger partial charge in [0.25, 0.3) is 0 Å². The first-order valence-electron chi connectivity index (χ1n) is 6.33. The molecule has 0 saturated heterocycles. The third-order valence-electron chi connectivity index (χ3n) is 3.84. The summed E-state index contributed by atoms with van der Waals surface area (Å²) in [6, 6.07) is 0.703. The van der Waals surface area contributed by atoms with Gasteiger partial charge in [0.2, 0.25) is 0 Å². The third-order valence-corrected chi connectivity index (χ3v) is 3.84. The fourth-order valence-electron chi connectivity index (χ4n) is 2.47. The molecule has 0 amide bonds. The van der Waals surface area contributed by atoms with Crippen LogP contribution in [0.1, 0.15) is 33.1 Å². The van der Waals surface area contributed by atoms with Gasteiger partial charge in [0.15, 0.2) is 0 Å². The summed E-state index contributed by atoms with van der Waals surface area (Å²) in [5, 5.41) is 11.4. The first-order valence-corrected chi connectivity index (χ1v) is 6.33. The Labute approximate surface area is 97.4 Å². The summed E-state index contributed by atoms with van der Waals surface area (Å²) in [4.78, 5) is 0. The van der Waals surface area contributed by atoms with E-state index in [1.165, 1.54) is 19.3 Å². The number of rotatable bonds is 4. The minimum atomic E-state index is 0.703. The van der Waals surface area contributed by atoms with E-state index >= 15 is 0 Å². The molecule has 4 heteroatoms. The van der Waals surface area contributed by atoms with Gasteiger partial charge in [-0.15, -0.1) is 5.10 Å². The average molecular weight is 222 g/mol. The third kappa shape index (κ3) is 3.04. The summed E-state index contributed by atoms with van der Waals surface area (Å²) in [5.74, 6) is 1.76. The molecule has 0 spiro atoms. The van der Waals surface area contributed by atoms with Gasteiger partial charge in [0.1, 0.15) is 0 Å². The predicted octanol–water partition coefficient (Wildman–Crippen LogP) is 1.69. The van der Waals surface area contributed by atoms with Crippen molar-refractivity contribution in [3.8, 4) is 0 Å². The van der Waals surface area contributed by atoms with Gasteiger partial charge < -0.3 is 5.32 Å². The van der Waals surface area contributed by atoms with Crippen LogP contribution in [0.25, 0.3) is 0 Å². The molecule has 3 atom stereocenters. The summed E-state index contributed by atoms with van der Waals surface area (Å²) in [5.41, 5.74) is 0. The van der Waals surface area contributed by atoms with Crippen LogP contribution in [-0.2, 0) is 6.54 Å². The van der Waals surface area contributed by atoms with Crippen molar-refractivity contribution in [3.05, 3.63) is 12.4 Å². The highest BCUT2D eigenvalue weighted by Gasteiger charge is 2.23. The van der Waals surface area contributed by atoms with Crippen molar-refractivity contribution in [1.29, 1.82) is 0 Å². The van der Waals surface area contributed by atoms with Gasteiger partial charge in [0.05, 0.1) is 12.7 Å². The van der Waals surface area contributed by atoms with E-state index in [9.17, 15) is 0 Å². The van der Waals surface area contributed by atoms with Crippen LogP contribution < -0.4 is 5.32 Å². The molecule has 1 aromatic heterocycles. The summed E-state index contributed by atoms with van der Waals surface area (Å²) < 4.78 is 1.88. The molecule has 1 saturated carbocycles. The number of nitrogens with zero attached hydrogens (tertiary/aromatic N) is 3. The zero-order valence-electron chi connectivity index (χ0n) is 10.3. The highest BCUT2D eigenvalue weighted by Crippen LogP contribution is 2.29. The molecule has 1 heterocycles. The maximum absolute atomic E-state index is 3.95. The first kappa shape index (κ1) is 11.6. The Morgan fingerprint density at radius 3 is 2.88 bits per heavy atom. The molecular weight excluding hydrogens is 200 g/mol. The van der Waals surface area contributed by atoms with E-state index in [-0.39, 0.29) is 0 Å². The van der Waals surface area contributed by atoms with Crippen molar-refractivity contribution >= 4 is 0 Å². The second-order valence-corrected chi connectivity index (χ2v) is 5.08. The minimum absolute atomic E-state index is 0.703. The molecule has 1 aliphatic rings. The largest absolute Gasteiger partial charge is 0.312 e. The van der Waals surface area contributed by atoms with Gasteiger partial charge >= 0.3 is 0 Å². The number of hydrogen-bond donors (Lipinski definition) is 1. The maximum Gasteiger partial charge on any atom is 0.0692 e. The topological polar surface area (TPSA) is 42.7 Å². The van der Waals surface area contributed by atoms with Crippen LogP contribution >= 0.6 is 0 Å². The van der Waals surface area contributed by atoms with Crippen molar-refractivity contribution in [3.63, 3.8) is 0 Å². The lowest BCUT2D eigenvalue weighted by Crippen LogP contribution is -2.37. The van der Waals surface area contributed by atoms with Gasteiger partial charge in [-0.05, 0) is 31.1 Å². The van der Waals surface area contributed by atoms with E-state index < -0.39 is 0 Å². The lowest BCUT2D eigenvalue weighted by molar-refractivity contribution is 0.225. The summed E-state index contributed by atoms with van der Waals surface area (Å²) in [7, 11) is 0. The molecule has 3 unspecified atom stereocenters. The van der Waals surface area contributed by atoms with E-state index in [2.05, 4.69) is 29.5 Å².